The molecule has 2 aromatic rings. The quantitative estimate of drug-likeness (QED) is 0.505. The van der Waals surface area contributed by atoms with Gasteiger partial charge in [0.15, 0.2) is 0 Å². The number of aryl methyl sites for hydroxylation is 1. The molecule has 9 nitrogen and oxygen atoms in total. The van der Waals surface area contributed by atoms with Gasteiger partial charge in [-0.05, 0) is 48.9 Å². The van der Waals surface area contributed by atoms with Gasteiger partial charge in [0, 0.05) is 24.3 Å². The number of amides is 2. The third-order valence-electron chi connectivity index (χ3n) is 4.66. The molecule has 31 heavy (non-hydrogen) atoms. The molecule has 3 N–H and O–H groups in total. The fourth-order valence-corrected chi connectivity index (χ4v) is 4.33. The fourth-order valence-electron chi connectivity index (χ4n) is 2.85. The number of carbonyl (C=O) groups excluding carboxylic acids is 2. The van der Waals surface area contributed by atoms with E-state index in [-0.39, 0.29) is 17.0 Å². The summed E-state index contributed by atoms with van der Waals surface area (Å²) in [6, 6.07) is 11.4. The van der Waals surface area contributed by atoms with Gasteiger partial charge < -0.3 is 10.1 Å². The highest BCUT2D eigenvalue weighted by molar-refractivity contribution is 7.89. The molecule has 0 aliphatic rings. The number of carbonyl (C=O) groups is 2. The summed E-state index contributed by atoms with van der Waals surface area (Å²) in [5.41, 5.74) is 6.11. The van der Waals surface area contributed by atoms with Gasteiger partial charge in [0.25, 0.3) is 11.8 Å². The van der Waals surface area contributed by atoms with Crippen molar-refractivity contribution in [1.82, 2.24) is 15.2 Å². The van der Waals surface area contributed by atoms with Crippen molar-refractivity contribution in [3.63, 3.8) is 0 Å². The van der Waals surface area contributed by atoms with Crippen molar-refractivity contribution in [2.24, 2.45) is 0 Å². The molecule has 0 aliphatic carbocycles. The van der Waals surface area contributed by atoms with Gasteiger partial charge in [-0.3, -0.25) is 20.4 Å². The van der Waals surface area contributed by atoms with Gasteiger partial charge >= 0.3 is 0 Å². The molecule has 2 rings (SSSR count). The first-order valence-corrected chi connectivity index (χ1v) is 11.2. The van der Waals surface area contributed by atoms with Crippen LogP contribution in [0.5, 0.6) is 5.75 Å². The first-order valence-electron chi connectivity index (χ1n) is 9.80. The molecule has 0 fully saturated rings. The molecule has 0 saturated heterocycles. The Balaban J connectivity index is 2.00. The summed E-state index contributed by atoms with van der Waals surface area (Å²) in [5, 5.41) is 2.92. The molecule has 0 unspecified atom stereocenters. The minimum atomic E-state index is -3.70. The highest BCUT2D eigenvalue weighted by Crippen LogP contribution is 2.19. The molecule has 10 heteroatoms. The fraction of sp³-hybridized carbons (Fsp3) is 0.333. The Morgan fingerprint density at radius 1 is 1.00 bits per heavy atom. The van der Waals surface area contributed by atoms with E-state index in [0.29, 0.717) is 30.1 Å². The largest absolute Gasteiger partial charge is 0.497 e. The number of benzene rings is 2. The first kappa shape index (κ1) is 24.2. The Labute approximate surface area is 182 Å². The van der Waals surface area contributed by atoms with Crippen LogP contribution in [0.25, 0.3) is 0 Å². The Bertz CT molecular complexity index is 1020. The molecule has 168 valence electrons. The Morgan fingerprint density at radius 2 is 1.65 bits per heavy atom. The molecular formula is C21H28N4O5S. The molecular weight excluding hydrogens is 420 g/mol. The van der Waals surface area contributed by atoms with Crippen LogP contribution in [0, 0.1) is 6.92 Å². The number of rotatable bonds is 9. The zero-order valence-electron chi connectivity index (χ0n) is 18.1. The van der Waals surface area contributed by atoms with E-state index in [1.165, 1.54) is 16.4 Å². The van der Waals surface area contributed by atoms with Gasteiger partial charge in [0.2, 0.25) is 10.0 Å². The second-order valence-electron chi connectivity index (χ2n) is 6.65. The summed E-state index contributed by atoms with van der Waals surface area (Å²) in [5.74, 6) is -0.372. The van der Waals surface area contributed by atoms with E-state index in [1.807, 2.05) is 0 Å². The lowest BCUT2D eigenvalue weighted by atomic mass is 10.1. The molecule has 0 spiro atoms. The molecule has 0 atom stereocenters. The van der Waals surface area contributed by atoms with Crippen molar-refractivity contribution >= 4 is 27.5 Å². The first-order chi connectivity index (χ1) is 14.7. The van der Waals surface area contributed by atoms with Crippen molar-refractivity contribution in [3.8, 4) is 5.75 Å². The number of anilines is 1. The number of nitrogens with one attached hydrogen (secondary N) is 3. The van der Waals surface area contributed by atoms with Crippen molar-refractivity contribution in [2.45, 2.75) is 25.7 Å². The number of nitrogens with zero attached hydrogens (tertiary/aromatic N) is 1. The van der Waals surface area contributed by atoms with Gasteiger partial charge in [-0.1, -0.05) is 19.9 Å². The standard InChI is InChI=1S/C21H28N4O5S/c1-5-25(6-2)31(28,29)18-12-7-15(3)19(13-18)21(27)24-23-20(26)14-22-16-8-10-17(30-4)11-9-16/h7-13,22H,5-6,14H2,1-4H3,(H,23,26)(H,24,27). The summed E-state index contributed by atoms with van der Waals surface area (Å²) in [4.78, 5) is 24.6. The summed E-state index contributed by atoms with van der Waals surface area (Å²) < 4.78 is 31.8. The molecule has 2 amide bonds. The lowest BCUT2D eigenvalue weighted by Gasteiger charge is -2.19. The average Bonchev–Trinajstić information content (AvgIpc) is 2.77. The maximum atomic E-state index is 12.7. The molecule has 2 aromatic carbocycles. The number of methoxy groups -OCH3 is 1. The zero-order valence-corrected chi connectivity index (χ0v) is 18.9. The van der Waals surface area contributed by atoms with Crippen LogP contribution in [-0.4, -0.2) is 51.3 Å². The van der Waals surface area contributed by atoms with E-state index in [0.717, 1.165) is 0 Å². The maximum Gasteiger partial charge on any atom is 0.269 e. The lowest BCUT2D eigenvalue weighted by molar-refractivity contribution is -0.120. The van der Waals surface area contributed by atoms with Crippen molar-refractivity contribution in [3.05, 3.63) is 53.6 Å². The van der Waals surface area contributed by atoms with Crippen molar-refractivity contribution in [2.75, 3.05) is 32.1 Å². The Morgan fingerprint density at radius 3 is 2.23 bits per heavy atom. The zero-order chi connectivity index (χ0) is 23.0. The van der Waals surface area contributed by atoms with Crippen LogP contribution in [0.2, 0.25) is 0 Å². The average molecular weight is 449 g/mol. The molecule has 0 radical (unpaired) electrons. The molecule has 0 aliphatic heterocycles. The number of hydrogen-bond donors (Lipinski definition) is 3. The third kappa shape index (κ3) is 6.19. The SMILES string of the molecule is CCN(CC)S(=O)(=O)c1ccc(C)c(C(=O)NNC(=O)CNc2ccc(OC)cc2)c1. The number of ether oxygens (including phenoxy) is 1. The van der Waals surface area contributed by atoms with Crippen LogP contribution in [0.15, 0.2) is 47.4 Å². The van der Waals surface area contributed by atoms with E-state index in [4.69, 9.17) is 4.74 Å². The molecule has 0 bridgehead atoms. The summed E-state index contributed by atoms with van der Waals surface area (Å²) in [6.07, 6.45) is 0. The van der Waals surface area contributed by atoms with E-state index < -0.39 is 21.8 Å². The van der Waals surface area contributed by atoms with Crippen LogP contribution < -0.4 is 20.9 Å². The molecule has 0 saturated carbocycles. The van der Waals surface area contributed by atoms with Gasteiger partial charge in [0.05, 0.1) is 18.6 Å². The van der Waals surface area contributed by atoms with Crippen LogP contribution in [0.1, 0.15) is 29.8 Å². The van der Waals surface area contributed by atoms with Crippen LogP contribution >= 0.6 is 0 Å². The molecule has 0 heterocycles. The maximum absolute atomic E-state index is 12.7. The monoisotopic (exact) mass is 448 g/mol. The minimum Gasteiger partial charge on any atom is -0.497 e. The normalized spacial score (nSPS) is 11.1. The van der Waals surface area contributed by atoms with Gasteiger partial charge in [-0.15, -0.1) is 0 Å². The number of hydrazine groups is 1. The van der Waals surface area contributed by atoms with Crippen LogP contribution in [0.3, 0.4) is 0 Å². The van der Waals surface area contributed by atoms with Gasteiger partial charge in [-0.2, -0.15) is 4.31 Å². The highest BCUT2D eigenvalue weighted by atomic mass is 32.2. The predicted octanol–water partition coefficient (Wildman–Crippen LogP) is 1.91. The number of sulfonamides is 1. The van der Waals surface area contributed by atoms with E-state index in [9.17, 15) is 18.0 Å². The van der Waals surface area contributed by atoms with E-state index in [1.54, 1.807) is 58.2 Å². The second-order valence-corrected chi connectivity index (χ2v) is 8.59. The minimum absolute atomic E-state index is 0.0273. The van der Waals surface area contributed by atoms with Gasteiger partial charge in [0.1, 0.15) is 5.75 Å². The van der Waals surface area contributed by atoms with Crippen molar-refractivity contribution in [1.29, 1.82) is 0 Å². The smallest absolute Gasteiger partial charge is 0.269 e. The van der Waals surface area contributed by atoms with Crippen molar-refractivity contribution < 1.29 is 22.7 Å². The Kier molecular flexibility index (Phi) is 8.40. The third-order valence-corrected chi connectivity index (χ3v) is 6.70. The highest BCUT2D eigenvalue weighted by Gasteiger charge is 2.23. The van der Waals surface area contributed by atoms with Crippen LogP contribution in [0.4, 0.5) is 5.69 Å². The van der Waals surface area contributed by atoms with E-state index in [2.05, 4.69) is 16.2 Å². The predicted molar refractivity (Wildman–Crippen MR) is 118 cm³/mol. The number of hydrogen-bond acceptors (Lipinski definition) is 6. The Hall–Kier alpha value is -3.11. The van der Waals surface area contributed by atoms with Crippen LogP contribution in [-0.2, 0) is 14.8 Å². The summed E-state index contributed by atoms with van der Waals surface area (Å²) >= 11 is 0. The second kappa shape index (κ2) is 10.8. The topological polar surface area (TPSA) is 117 Å². The lowest BCUT2D eigenvalue weighted by Crippen LogP contribution is -2.44. The summed E-state index contributed by atoms with van der Waals surface area (Å²) in [6.45, 7) is 5.77. The summed E-state index contributed by atoms with van der Waals surface area (Å²) in [7, 11) is -2.14. The molecule has 0 aromatic heterocycles. The van der Waals surface area contributed by atoms with E-state index >= 15 is 0 Å². The van der Waals surface area contributed by atoms with Gasteiger partial charge in [-0.25, -0.2) is 8.42 Å².